The number of aliphatic carboxylic acids is 3. The molecule has 0 aromatic carbocycles. The zero-order valence-electron chi connectivity index (χ0n) is 6.72. The van der Waals surface area contributed by atoms with E-state index in [1.165, 1.54) is 0 Å². The first-order chi connectivity index (χ1) is 5.86. The summed E-state index contributed by atoms with van der Waals surface area (Å²) < 4.78 is 0. The van der Waals surface area contributed by atoms with Gasteiger partial charge in [-0.05, 0) is 6.92 Å². The van der Waals surface area contributed by atoms with E-state index >= 15 is 0 Å². The summed E-state index contributed by atoms with van der Waals surface area (Å²) in [5.41, 5.74) is -0.653. The van der Waals surface area contributed by atoms with Crippen molar-refractivity contribution in [2.45, 2.75) is 6.92 Å². The molecule has 0 aliphatic rings. The first kappa shape index (κ1) is 11.2. The summed E-state index contributed by atoms with van der Waals surface area (Å²) in [7, 11) is 0. The van der Waals surface area contributed by atoms with Crippen molar-refractivity contribution >= 4 is 17.9 Å². The highest BCUT2D eigenvalue weighted by molar-refractivity contribution is 5.99. The van der Waals surface area contributed by atoms with Crippen LogP contribution in [-0.4, -0.2) is 33.2 Å². The molecule has 1 atom stereocenters. The second kappa shape index (κ2) is 4.24. The molecular weight excluding hydrogens is 180 g/mol. The minimum Gasteiger partial charge on any atom is -0.481 e. The monoisotopic (exact) mass is 188 g/mol. The maximum Gasteiger partial charge on any atom is 0.332 e. The van der Waals surface area contributed by atoms with Gasteiger partial charge in [0, 0.05) is 6.08 Å². The molecule has 0 aromatic heterocycles. The fourth-order valence-electron chi connectivity index (χ4n) is 0.638. The summed E-state index contributed by atoms with van der Waals surface area (Å²) >= 11 is 0. The van der Waals surface area contributed by atoms with Crippen LogP contribution in [0.25, 0.3) is 0 Å². The van der Waals surface area contributed by atoms with Gasteiger partial charge in [-0.25, -0.2) is 9.59 Å². The fraction of sp³-hybridized carbons (Fsp3) is 0.286. The molecule has 0 aliphatic heterocycles. The fourth-order valence-corrected chi connectivity index (χ4v) is 0.638. The van der Waals surface area contributed by atoms with Crippen LogP contribution < -0.4 is 0 Å². The molecular formula is C7H8O6. The van der Waals surface area contributed by atoms with Gasteiger partial charge in [0.1, 0.15) is 0 Å². The SMILES string of the molecule is C[C@H](C(=O)O)/C(=C/C(=O)O)C(=O)O. The largest absolute Gasteiger partial charge is 0.481 e. The zero-order chi connectivity index (χ0) is 10.6. The number of rotatable bonds is 4. The van der Waals surface area contributed by atoms with Crippen LogP contribution in [0.2, 0.25) is 0 Å². The number of carboxylic acids is 3. The molecule has 0 amide bonds. The van der Waals surface area contributed by atoms with Gasteiger partial charge < -0.3 is 15.3 Å². The highest BCUT2D eigenvalue weighted by Crippen LogP contribution is 2.10. The van der Waals surface area contributed by atoms with Crippen LogP contribution in [0.1, 0.15) is 6.92 Å². The van der Waals surface area contributed by atoms with Crippen LogP contribution >= 0.6 is 0 Å². The van der Waals surface area contributed by atoms with Gasteiger partial charge in [-0.2, -0.15) is 0 Å². The Morgan fingerprint density at radius 3 is 1.85 bits per heavy atom. The molecule has 0 bridgehead atoms. The molecule has 72 valence electrons. The molecule has 0 unspecified atom stereocenters. The number of hydrogen-bond donors (Lipinski definition) is 3. The smallest absolute Gasteiger partial charge is 0.332 e. The second-order valence-electron chi connectivity index (χ2n) is 2.30. The van der Waals surface area contributed by atoms with E-state index in [9.17, 15) is 14.4 Å². The maximum absolute atomic E-state index is 10.4. The minimum absolute atomic E-state index is 0.376. The number of carboxylic acid groups (broad SMARTS) is 3. The summed E-state index contributed by atoms with van der Waals surface area (Å²) in [6.07, 6.45) is 0.376. The lowest BCUT2D eigenvalue weighted by Crippen LogP contribution is -2.19. The highest BCUT2D eigenvalue weighted by Gasteiger charge is 2.23. The standard InChI is InChI=1S/C7H8O6/c1-3(6(10)11)4(7(12)13)2-5(8)9/h2-3H,1H3,(H,8,9)(H,10,11)(H,12,13)/b4-2-/t3-/m0/s1. The van der Waals surface area contributed by atoms with Gasteiger partial charge in [-0.1, -0.05) is 0 Å². The van der Waals surface area contributed by atoms with E-state index in [4.69, 9.17) is 15.3 Å². The summed E-state index contributed by atoms with van der Waals surface area (Å²) in [4.78, 5) is 30.8. The van der Waals surface area contributed by atoms with Gasteiger partial charge in [0.15, 0.2) is 0 Å². The Kier molecular flexibility index (Phi) is 3.64. The molecule has 0 aliphatic carbocycles. The van der Waals surface area contributed by atoms with E-state index in [1.54, 1.807) is 0 Å². The lowest BCUT2D eigenvalue weighted by molar-refractivity contribution is -0.143. The first-order valence-electron chi connectivity index (χ1n) is 3.27. The Hall–Kier alpha value is -1.85. The van der Waals surface area contributed by atoms with Crippen molar-refractivity contribution in [3.05, 3.63) is 11.6 Å². The van der Waals surface area contributed by atoms with Gasteiger partial charge in [-0.15, -0.1) is 0 Å². The maximum atomic E-state index is 10.4. The third kappa shape index (κ3) is 3.37. The van der Waals surface area contributed by atoms with Crippen molar-refractivity contribution in [2.24, 2.45) is 5.92 Å². The lowest BCUT2D eigenvalue weighted by Gasteiger charge is -2.05. The molecule has 13 heavy (non-hydrogen) atoms. The van der Waals surface area contributed by atoms with Gasteiger partial charge in [0.2, 0.25) is 0 Å². The third-order valence-electron chi connectivity index (χ3n) is 1.36. The first-order valence-corrected chi connectivity index (χ1v) is 3.27. The predicted octanol–water partition coefficient (Wildman–Crippen LogP) is -0.197. The van der Waals surface area contributed by atoms with Crippen molar-refractivity contribution < 1.29 is 29.7 Å². The molecule has 0 fully saturated rings. The normalized spacial score (nSPS) is 13.5. The van der Waals surface area contributed by atoms with E-state index in [0.717, 1.165) is 6.92 Å². The predicted molar refractivity (Wildman–Crippen MR) is 40.2 cm³/mol. The molecule has 0 aromatic rings. The van der Waals surface area contributed by atoms with E-state index < -0.39 is 29.4 Å². The molecule has 0 saturated heterocycles. The second-order valence-corrected chi connectivity index (χ2v) is 2.30. The number of hydrogen-bond acceptors (Lipinski definition) is 3. The van der Waals surface area contributed by atoms with Crippen molar-refractivity contribution in [2.75, 3.05) is 0 Å². The van der Waals surface area contributed by atoms with Crippen LogP contribution in [0.4, 0.5) is 0 Å². The van der Waals surface area contributed by atoms with E-state index in [1.807, 2.05) is 0 Å². The van der Waals surface area contributed by atoms with Crippen LogP contribution in [0.15, 0.2) is 11.6 Å². The molecule has 0 saturated carbocycles. The van der Waals surface area contributed by atoms with Crippen molar-refractivity contribution in [3.8, 4) is 0 Å². The number of carbonyl (C=O) groups is 3. The Morgan fingerprint density at radius 1 is 1.15 bits per heavy atom. The molecule has 0 heterocycles. The quantitative estimate of drug-likeness (QED) is 0.527. The molecule has 6 nitrogen and oxygen atoms in total. The summed E-state index contributed by atoms with van der Waals surface area (Å²) in [6, 6.07) is 0. The molecule has 0 rings (SSSR count). The Labute approximate surface area is 73.1 Å². The lowest BCUT2D eigenvalue weighted by atomic mass is 10.0. The summed E-state index contributed by atoms with van der Waals surface area (Å²) in [5, 5.41) is 25.1. The average Bonchev–Trinajstić information content (AvgIpc) is 1.97. The van der Waals surface area contributed by atoms with E-state index in [-0.39, 0.29) is 0 Å². The topological polar surface area (TPSA) is 112 Å². The third-order valence-corrected chi connectivity index (χ3v) is 1.36. The van der Waals surface area contributed by atoms with Gasteiger partial charge in [0.05, 0.1) is 11.5 Å². The van der Waals surface area contributed by atoms with Crippen LogP contribution in [0.5, 0.6) is 0 Å². The van der Waals surface area contributed by atoms with E-state index in [0.29, 0.717) is 6.08 Å². The van der Waals surface area contributed by atoms with Crippen LogP contribution in [0, 0.1) is 5.92 Å². The van der Waals surface area contributed by atoms with Crippen LogP contribution in [-0.2, 0) is 14.4 Å². The molecule has 6 heteroatoms. The van der Waals surface area contributed by atoms with Crippen LogP contribution in [0.3, 0.4) is 0 Å². The van der Waals surface area contributed by atoms with E-state index in [2.05, 4.69) is 0 Å². The van der Waals surface area contributed by atoms with Gasteiger partial charge in [-0.3, -0.25) is 4.79 Å². The Morgan fingerprint density at radius 2 is 1.62 bits per heavy atom. The zero-order valence-corrected chi connectivity index (χ0v) is 6.72. The Bertz CT molecular complexity index is 277. The molecule has 0 radical (unpaired) electrons. The average molecular weight is 188 g/mol. The van der Waals surface area contributed by atoms with Crippen molar-refractivity contribution in [1.82, 2.24) is 0 Å². The van der Waals surface area contributed by atoms with Crippen molar-refractivity contribution in [1.29, 1.82) is 0 Å². The minimum atomic E-state index is -1.54. The molecule has 3 N–H and O–H groups in total. The van der Waals surface area contributed by atoms with Crippen molar-refractivity contribution in [3.63, 3.8) is 0 Å². The highest BCUT2D eigenvalue weighted by atomic mass is 16.4. The van der Waals surface area contributed by atoms with Gasteiger partial charge in [0.25, 0.3) is 0 Å². The summed E-state index contributed by atoms with van der Waals surface area (Å²) in [5.74, 6) is -5.74. The van der Waals surface area contributed by atoms with Gasteiger partial charge >= 0.3 is 17.9 Å². The Balaban J connectivity index is 4.93. The summed E-state index contributed by atoms with van der Waals surface area (Å²) in [6.45, 7) is 1.10. The molecule has 0 spiro atoms.